The first-order valence-electron chi connectivity index (χ1n) is 46.3. The maximum Gasteiger partial charge on any atom is 2.00 e. The molecule has 0 spiro atoms. The number of aromatic nitrogens is 8. The van der Waals surface area contributed by atoms with Crippen molar-refractivity contribution in [1.82, 2.24) is 39.9 Å². The molecule has 1 N–H and O–H groups in total. The van der Waals surface area contributed by atoms with Gasteiger partial charge in [-0.05, 0) is 218 Å². The molecule has 14 nitrogen and oxygen atoms in total. The van der Waals surface area contributed by atoms with Gasteiger partial charge < -0.3 is 54.0 Å². The van der Waals surface area contributed by atoms with E-state index < -0.39 is 17.9 Å². The third kappa shape index (κ3) is 45.1. The quantitative estimate of drug-likeness (QED) is 0.0433. The summed E-state index contributed by atoms with van der Waals surface area (Å²) in [5.74, 6) is 4.51. The summed E-state index contributed by atoms with van der Waals surface area (Å²) in [5.41, 5.74) is 24.5. The van der Waals surface area contributed by atoms with E-state index in [4.69, 9.17) is 66.5 Å². The van der Waals surface area contributed by atoms with Crippen LogP contribution in [0.25, 0.3) is 90.1 Å². The maximum absolute atomic E-state index is 9.00. The zero-order valence-corrected chi connectivity index (χ0v) is 103. The van der Waals surface area contributed by atoms with Crippen LogP contribution in [0.5, 0.6) is 46.0 Å². The molecule has 0 amide bonds. The fraction of sp³-hybridized carbons (Fsp3) is 0.168. The number of hydrogen-bond acceptors (Lipinski definition) is 13. The Morgan fingerprint density at radius 3 is 0.862 bits per heavy atom. The first-order chi connectivity index (χ1) is 67.9. The average Bonchev–Trinajstić information content (AvgIpc) is 1.48. The van der Waals surface area contributed by atoms with Crippen molar-refractivity contribution in [3.8, 4) is 136 Å². The van der Waals surface area contributed by atoms with Crippen molar-refractivity contribution in [3.05, 3.63) is 448 Å². The summed E-state index contributed by atoms with van der Waals surface area (Å²) in [6, 6.07) is 105. The minimum Gasteiger partial charge on any atom is -0.497 e. The predicted octanol–water partition coefficient (Wildman–Crippen LogP) is 31.5. The molecule has 24 rings (SSSR count). The van der Waals surface area contributed by atoms with E-state index in [0.29, 0.717) is 34.5 Å². The van der Waals surface area contributed by atoms with Crippen molar-refractivity contribution >= 4 is 107 Å². The Labute approximate surface area is 991 Å². The van der Waals surface area contributed by atoms with Gasteiger partial charge in [0.15, 0.2) is 0 Å². The topological polar surface area (TPSA) is 177 Å². The van der Waals surface area contributed by atoms with Crippen molar-refractivity contribution in [1.29, 1.82) is 0 Å². The van der Waals surface area contributed by atoms with Crippen molar-refractivity contribution in [2.24, 2.45) is 0 Å². The molecule has 16 bridgehead atoms. The Kier molecular flexibility index (Phi) is 61.2. The van der Waals surface area contributed by atoms with Crippen LogP contribution in [0, 0.1) is 36.4 Å². The number of benzene rings is 8. The molecular weight excluding hydrogens is 3030 g/mol. The van der Waals surface area contributed by atoms with Crippen LogP contribution in [-0.2, 0) is 173 Å². The number of pyridine rings is 8. The number of ether oxygens (including phenoxy) is 4. The van der Waals surface area contributed by atoms with Crippen molar-refractivity contribution in [3.63, 3.8) is 0 Å². The minimum atomic E-state index is -3.06. The molecule has 0 saturated heterocycles. The second-order valence-electron chi connectivity index (χ2n) is 32.0. The van der Waals surface area contributed by atoms with Gasteiger partial charge >= 0.3 is 176 Å². The molecule has 145 heavy (non-hydrogen) atoms. The number of hydrogen-bond donors (Lipinski definition) is 1. The predicted molar refractivity (Wildman–Crippen MR) is 571 cm³/mol. The smallest absolute Gasteiger partial charge is 0.497 e. The van der Waals surface area contributed by atoms with E-state index in [1.165, 1.54) is 133 Å². The van der Waals surface area contributed by atoms with Crippen LogP contribution in [0.3, 0.4) is 0 Å². The summed E-state index contributed by atoms with van der Waals surface area (Å²) in [6.45, 7) is 16.2. The Morgan fingerprint density at radius 2 is 0.600 bits per heavy atom. The number of allylic oxidation sites excluding steroid dienone is 6. The molecular formula is C119H108Cl4K2N8O6Pt6. The summed E-state index contributed by atoms with van der Waals surface area (Å²) in [5, 5.41) is 7.42. The van der Waals surface area contributed by atoms with Crippen molar-refractivity contribution < 1.29 is 146 Å². The normalized spacial score (nSPS) is 11.6. The third-order valence-corrected chi connectivity index (χ3v) is 21.6. The maximum atomic E-state index is 9.00. The summed E-state index contributed by atoms with van der Waals surface area (Å²) >= 11 is -0.556. The second-order valence-corrected chi connectivity index (χ2v) is 51.7. The number of aryl methyl sites for hydroxylation is 8. The number of rotatable bonds is 20. The van der Waals surface area contributed by atoms with E-state index in [1.54, 1.807) is 0 Å². The number of carboxylic acid groups (broad SMARTS) is 1. The van der Waals surface area contributed by atoms with Gasteiger partial charge in [0, 0.05) is 144 Å². The Hall–Kier alpha value is -7.11. The van der Waals surface area contributed by atoms with Gasteiger partial charge in [-0.25, -0.2) is 0 Å². The van der Waals surface area contributed by atoms with Gasteiger partial charge in [0.1, 0.15) is 11.5 Å². The van der Waals surface area contributed by atoms with Crippen LogP contribution in [0.1, 0.15) is 123 Å². The molecule has 26 heteroatoms. The van der Waals surface area contributed by atoms with Crippen molar-refractivity contribution in [2.45, 2.75) is 130 Å². The molecule has 0 fully saturated rings. The van der Waals surface area contributed by atoms with Crippen LogP contribution in [0.4, 0.5) is 0 Å². The van der Waals surface area contributed by atoms with Gasteiger partial charge in [-0.15, -0.1) is 169 Å². The Balaban J connectivity index is 0.000000282. The van der Waals surface area contributed by atoms with Gasteiger partial charge in [-0.3, -0.25) is 14.8 Å². The number of aliphatic carboxylic acids is 1. The zero-order valence-electron chi connectivity index (χ0n) is 79.9. The van der Waals surface area contributed by atoms with Crippen LogP contribution in [0.15, 0.2) is 367 Å². The van der Waals surface area contributed by atoms with Crippen LogP contribution >= 0.6 is 37.7 Å². The summed E-state index contributed by atoms with van der Waals surface area (Å²) < 4.78 is 24.4. The van der Waals surface area contributed by atoms with Gasteiger partial charge in [-0.1, -0.05) is 202 Å². The Morgan fingerprint density at radius 1 is 0.352 bits per heavy atom. The monoisotopic (exact) mass is 3130 g/mol. The molecule has 0 atom stereocenters. The third-order valence-electron chi connectivity index (χ3n) is 21.6. The molecule has 0 radical (unpaired) electrons. The molecule has 0 aliphatic carbocycles. The zero-order chi connectivity index (χ0) is 97.6. The molecule has 8 aliphatic heterocycles. The number of halogens is 4. The summed E-state index contributed by atoms with van der Waals surface area (Å²) in [6.07, 6.45) is 46.4. The fourth-order valence-corrected chi connectivity index (χ4v) is 14.6. The van der Waals surface area contributed by atoms with E-state index in [9.17, 15) is 0 Å². The van der Waals surface area contributed by atoms with E-state index in [0.717, 1.165) is 198 Å². The molecule has 8 aromatic carbocycles. The molecule has 16 heterocycles. The molecule has 8 aromatic heterocycles. The van der Waals surface area contributed by atoms with E-state index in [1.807, 2.05) is 244 Å². The first-order valence-corrected chi connectivity index (χ1v) is 73.6. The molecule has 8 aliphatic rings. The number of nitrogens with zero attached hydrogens (tertiary/aromatic N) is 8. The van der Waals surface area contributed by atoms with E-state index >= 15 is 0 Å². The second kappa shape index (κ2) is 70.1. The summed E-state index contributed by atoms with van der Waals surface area (Å²) in [4.78, 5) is 46.0. The van der Waals surface area contributed by atoms with E-state index in [2.05, 4.69) is 200 Å². The van der Waals surface area contributed by atoms with Gasteiger partial charge in [0.25, 0.3) is 5.97 Å². The standard InChI is InChI=1S/C30H28N2O.C30H26N2O.C28H24N2O.C28H22N2O.C2H4O2.CH4.4ClH.2K.6Pt/c2*1-3-5-9-23-15-17-29(31-21-23)25-11-7-13-27(19-25)33-28-14-8-12-26(20-28)30-18-16-24(22-32-30)10-6-4-2;2*1-2-4-8-22-14-16-28(30-20-22)24-10-6-12-26(18-24)31-25-11-5-9-23(17-25)27-15-13-21(7-3-1)19-29-27;1-2(3)4;;;;;;;;;;;;;/h3-4,7-8,11-22H,1-2,5-6,9-10H2;3-4,7-8,11-18,21-22H,1-2,5-6,9-10H2;5-6,9-16,19-20H,1-4,7-8H2;1-2,5-6,9-16,19-20H,3-4,7-8H2;1H3,(H,3,4);1H4;4*1H;;;;;;;;/q;3*-2;;;;;;;;;;;3*+2;+4/p-4/b;;;2-1+;;;;;;;;;;;;;;. The van der Waals surface area contributed by atoms with Crippen LogP contribution < -0.4 is 18.9 Å². The number of carbonyl (C=O) groups is 1. The van der Waals surface area contributed by atoms with Crippen molar-refractivity contribution in [2.75, 3.05) is 0 Å². The minimum absolute atomic E-state index is 0. The first kappa shape index (κ1) is 127. The van der Waals surface area contributed by atoms with Crippen LogP contribution in [-0.4, -0.2) is 114 Å². The van der Waals surface area contributed by atoms with Crippen LogP contribution in [0.2, 0.25) is 0 Å². The molecule has 0 saturated carbocycles. The molecule has 0 unspecified atom stereocenters. The molecule has 16 aromatic rings. The SMILES string of the molecule is C.C=CCCc1ccc(-c2[c-]c(Oc3[c-]c(-c4ccc(CCC=C)cn4)ccc3)ccc2)nc1.C=CCCc1ccc(-c2cccc(Oc3cccc(-c4ccc(CCC=C)cn4)c3)c2)nc1.CC(=O)O.[Cl][Pt]([Cl])([Cl])[Cl].[K][K].[Pt+2].[Pt+2].[Pt+2].[Pt].[Pt].[c-]1c2cccc1-c1ccc(cn1)CC/C=C/CCc1ccc(nc1)-c1[c-]c(ccc1)O2.[c-]1c2cccc1-c1ccc(cn1)CCCCCCc1ccc(nc1)-c1[c-]c(ccc1)O2. The van der Waals surface area contributed by atoms with Gasteiger partial charge in [-0.2, -0.15) is 0 Å². The van der Waals surface area contributed by atoms with E-state index in [-0.39, 0.29) is 113 Å². The Bertz CT molecular complexity index is 6040. The fourth-order valence-electron chi connectivity index (χ4n) is 14.6. The van der Waals surface area contributed by atoms with Gasteiger partial charge in [0.2, 0.25) is 0 Å². The average molecular weight is 3140 g/mol. The van der Waals surface area contributed by atoms with Gasteiger partial charge in [0.05, 0.1) is 11.4 Å². The molecule has 750 valence electrons. The number of carboxylic acids is 1. The summed E-state index contributed by atoms with van der Waals surface area (Å²) in [7, 11) is 20.0. The largest absolute Gasteiger partial charge is 2.00 e.